The van der Waals surface area contributed by atoms with E-state index in [0.29, 0.717) is 5.69 Å². The van der Waals surface area contributed by atoms with E-state index in [2.05, 4.69) is 26.6 Å². The third-order valence-corrected chi connectivity index (χ3v) is 6.82. The van der Waals surface area contributed by atoms with Crippen LogP contribution in [0.15, 0.2) is 53.0 Å². The fraction of sp³-hybridized carbons (Fsp3) is 0.364. The number of halogens is 1. The molecule has 2 aliphatic heterocycles. The highest BCUT2D eigenvalue weighted by molar-refractivity contribution is 9.10. The molecular formula is C22H21BrN2O3. The quantitative estimate of drug-likeness (QED) is 0.687. The predicted octanol–water partition coefficient (Wildman–Crippen LogP) is 4.20. The summed E-state index contributed by atoms with van der Waals surface area (Å²) >= 11 is 3.40. The van der Waals surface area contributed by atoms with Crippen molar-refractivity contribution in [1.82, 2.24) is 5.32 Å². The van der Waals surface area contributed by atoms with Crippen LogP contribution < -0.4 is 15.4 Å². The highest BCUT2D eigenvalue weighted by Gasteiger charge is 2.60. The molecule has 0 spiro atoms. The SMILES string of the molecule is O=C(Nc1ccc(Br)cc1)[C@@H]1C(=O)N[C@@]23CCCC[C@H]2[C@H]1c1ccccc1O3. The molecule has 5 nitrogen and oxygen atoms in total. The average molecular weight is 441 g/mol. The number of benzene rings is 2. The molecule has 5 rings (SSSR count). The Labute approximate surface area is 172 Å². The van der Waals surface area contributed by atoms with Crippen LogP contribution in [0, 0.1) is 11.8 Å². The molecule has 2 amide bonds. The summed E-state index contributed by atoms with van der Waals surface area (Å²) in [5.41, 5.74) is 0.973. The van der Waals surface area contributed by atoms with Gasteiger partial charge in [-0.25, -0.2) is 0 Å². The van der Waals surface area contributed by atoms with Crippen LogP contribution in [0.3, 0.4) is 0 Å². The van der Waals surface area contributed by atoms with Gasteiger partial charge in [-0.2, -0.15) is 0 Å². The van der Waals surface area contributed by atoms with Gasteiger partial charge in [0.25, 0.3) is 0 Å². The van der Waals surface area contributed by atoms with Crippen LogP contribution in [0.5, 0.6) is 5.75 Å². The molecule has 3 aliphatic rings. The zero-order chi connectivity index (χ0) is 19.3. The molecule has 144 valence electrons. The number of rotatable bonds is 2. The summed E-state index contributed by atoms with van der Waals surface area (Å²) in [6.07, 6.45) is 3.84. The molecule has 0 radical (unpaired) electrons. The summed E-state index contributed by atoms with van der Waals surface area (Å²) in [7, 11) is 0. The van der Waals surface area contributed by atoms with Crippen LogP contribution in [0.1, 0.15) is 37.2 Å². The number of ether oxygens (including phenoxy) is 1. The highest BCUT2D eigenvalue weighted by Crippen LogP contribution is 2.55. The molecule has 1 aliphatic carbocycles. The summed E-state index contributed by atoms with van der Waals surface area (Å²) in [5.74, 6) is -0.561. The molecule has 2 heterocycles. The van der Waals surface area contributed by atoms with E-state index in [1.54, 1.807) is 0 Å². The molecule has 28 heavy (non-hydrogen) atoms. The monoisotopic (exact) mass is 440 g/mol. The van der Waals surface area contributed by atoms with Crippen LogP contribution in [-0.2, 0) is 9.59 Å². The standard InChI is InChI=1S/C22H21BrN2O3/c23-13-8-10-14(11-9-13)24-20(26)19-18-15-5-1-2-7-17(15)28-22(25-21(19)27)12-4-3-6-16(18)22/h1-2,5,7-11,16,18-19H,3-4,6,12H2,(H,24,26)(H,25,27)/t16-,18+,19+,22+/m0/s1. The van der Waals surface area contributed by atoms with E-state index in [0.717, 1.165) is 41.5 Å². The van der Waals surface area contributed by atoms with Gasteiger partial charge in [-0.05, 0) is 48.7 Å². The van der Waals surface area contributed by atoms with Crippen molar-refractivity contribution in [3.05, 3.63) is 58.6 Å². The maximum absolute atomic E-state index is 13.2. The number of anilines is 1. The Hall–Kier alpha value is -2.34. The van der Waals surface area contributed by atoms with Crippen molar-refractivity contribution in [3.8, 4) is 5.75 Å². The maximum Gasteiger partial charge on any atom is 0.237 e. The van der Waals surface area contributed by atoms with Crippen LogP contribution in [0.2, 0.25) is 0 Å². The number of nitrogens with one attached hydrogen (secondary N) is 2. The molecular weight excluding hydrogens is 420 g/mol. The van der Waals surface area contributed by atoms with E-state index >= 15 is 0 Å². The van der Waals surface area contributed by atoms with Crippen molar-refractivity contribution in [2.24, 2.45) is 11.8 Å². The topological polar surface area (TPSA) is 67.4 Å². The minimum atomic E-state index is -0.773. The third kappa shape index (κ3) is 2.73. The molecule has 2 N–H and O–H groups in total. The van der Waals surface area contributed by atoms with Gasteiger partial charge in [-0.15, -0.1) is 0 Å². The summed E-state index contributed by atoms with van der Waals surface area (Å²) in [6, 6.07) is 15.2. The Kier molecular flexibility index (Phi) is 4.19. The van der Waals surface area contributed by atoms with Gasteiger partial charge >= 0.3 is 0 Å². The summed E-state index contributed by atoms with van der Waals surface area (Å²) in [4.78, 5) is 26.3. The fourth-order valence-corrected chi connectivity index (χ4v) is 5.37. The lowest BCUT2D eigenvalue weighted by Gasteiger charge is -2.55. The molecule has 6 heteroatoms. The molecule has 2 bridgehead atoms. The van der Waals surface area contributed by atoms with E-state index in [1.165, 1.54) is 0 Å². The number of para-hydroxylation sites is 1. The zero-order valence-electron chi connectivity index (χ0n) is 15.3. The summed E-state index contributed by atoms with van der Waals surface area (Å²) in [6.45, 7) is 0. The van der Waals surface area contributed by atoms with Crippen molar-refractivity contribution in [2.45, 2.75) is 37.3 Å². The van der Waals surface area contributed by atoms with E-state index in [1.807, 2.05) is 48.5 Å². The molecule has 2 fully saturated rings. The van der Waals surface area contributed by atoms with Crippen molar-refractivity contribution < 1.29 is 14.3 Å². The molecule has 1 saturated carbocycles. The first-order valence-electron chi connectivity index (χ1n) is 9.74. The highest BCUT2D eigenvalue weighted by atomic mass is 79.9. The predicted molar refractivity (Wildman–Crippen MR) is 109 cm³/mol. The second-order valence-electron chi connectivity index (χ2n) is 7.87. The van der Waals surface area contributed by atoms with Crippen LogP contribution in [0.4, 0.5) is 5.69 Å². The number of fused-ring (bicyclic) bond motifs is 2. The van der Waals surface area contributed by atoms with Crippen molar-refractivity contribution in [2.75, 3.05) is 5.32 Å². The van der Waals surface area contributed by atoms with E-state index in [4.69, 9.17) is 4.74 Å². The van der Waals surface area contributed by atoms with Gasteiger partial charge in [-0.1, -0.05) is 40.5 Å². The Bertz CT molecular complexity index is 945. The van der Waals surface area contributed by atoms with Gasteiger partial charge in [0.2, 0.25) is 11.8 Å². The molecule has 0 aromatic heterocycles. The van der Waals surface area contributed by atoms with Crippen LogP contribution >= 0.6 is 15.9 Å². The van der Waals surface area contributed by atoms with Crippen molar-refractivity contribution >= 4 is 33.4 Å². The Morgan fingerprint density at radius 1 is 1.14 bits per heavy atom. The molecule has 2 aromatic rings. The van der Waals surface area contributed by atoms with E-state index in [-0.39, 0.29) is 23.7 Å². The molecule has 2 aromatic carbocycles. The fourth-order valence-electron chi connectivity index (χ4n) is 5.11. The zero-order valence-corrected chi connectivity index (χ0v) is 16.9. The summed E-state index contributed by atoms with van der Waals surface area (Å²) < 4.78 is 7.29. The number of piperidine rings is 1. The lowest BCUT2D eigenvalue weighted by Crippen LogP contribution is -2.69. The second kappa shape index (κ2) is 6.62. The Morgan fingerprint density at radius 2 is 1.93 bits per heavy atom. The van der Waals surface area contributed by atoms with Crippen molar-refractivity contribution in [1.29, 1.82) is 0 Å². The van der Waals surface area contributed by atoms with E-state index in [9.17, 15) is 9.59 Å². The Balaban J connectivity index is 1.54. The largest absolute Gasteiger partial charge is 0.467 e. The van der Waals surface area contributed by atoms with Gasteiger partial charge in [0, 0.05) is 28.4 Å². The van der Waals surface area contributed by atoms with Gasteiger partial charge in [0.1, 0.15) is 11.7 Å². The first-order valence-corrected chi connectivity index (χ1v) is 10.5. The van der Waals surface area contributed by atoms with Crippen LogP contribution in [-0.4, -0.2) is 17.5 Å². The Morgan fingerprint density at radius 3 is 2.75 bits per heavy atom. The third-order valence-electron chi connectivity index (χ3n) is 6.29. The maximum atomic E-state index is 13.2. The molecule has 0 unspecified atom stereocenters. The number of amides is 2. The van der Waals surface area contributed by atoms with Gasteiger partial charge < -0.3 is 15.4 Å². The normalized spacial score (nSPS) is 30.3. The molecule has 4 atom stereocenters. The van der Waals surface area contributed by atoms with Crippen molar-refractivity contribution in [3.63, 3.8) is 0 Å². The lowest BCUT2D eigenvalue weighted by atomic mass is 9.62. The first-order chi connectivity index (χ1) is 13.6. The first kappa shape index (κ1) is 17.7. The number of carbonyl (C=O) groups is 2. The number of hydrogen-bond acceptors (Lipinski definition) is 3. The molecule has 1 saturated heterocycles. The number of carbonyl (C=O) groups excluding carboxylic acids is 2. The second-order valence-corrected chi connectivity index (χ2v) is 8.79. The van der Waals surface area contributed by atoms with Gasteiger partial charge in [-0.3, -0.25) is 9.59 Å². The summed E-state index contributed by atoms with van der Waals surface area (Å²) in [5, 5.41) is 6.04. The van der Waals surface area contributed by atoms with Gasteiger partial charge in [0.05, 0.1) is 0 Å². The van der Waals surface area contributed by atoms with Crippen LogP contribution in [0.25, 0.3) is 0 Å². The smallest absolute Gasteiger partial charge is 0.237 e. The average Bonchev–Trinajstić information content (AvgIpc) is 2.68. The minimum absolute atomic E-state index is 0.106. The number of hydrogen-bond donors (Lipinski definition) is 2. The van der Waals surface area contributed by atoms with Gasteiger partial charge in [0.15, 0.2) is 5.72 Å². The lowest BCUT2D eigenvalue weighted by molar-refractivity contribution is -0.160. The van der Waals surface area contributed by atoms with E-state index < -0.39 is 11.6 Å². The minimum Gasteiger partial charge on any atom is -0.467 e.